The quantitative estimate of drug-likeness (QED) is 0.206. The lowest BCUT2D eigenvalue weighted by Gasteiger charge is -2.09. The third-order valence-corrected chi connectivity index (χ3v) is 4.80. The van der Waals surface area contributed by atoms with Crippen LogP contribution in [0.4, 0.5) is 11.4 Å². The number of hydrogen-bond donors (Lipinski definition) is 1. The highest BCUT2D eigenvalue weighted by molar-refractivity contribution is 14.1. The molecule has 0 aliphatic carbocycles. The van der Waals surface area contributed by atoms with Gasteiger partial charge in [-0.2, -0.15) is 5.10 Å². The maximum atomic E-state index is 10.7. The second kappa shape index (κ2) is 9.32. The second-order valence-corrected chi connectivity index (χ2v) is 7.30. The van der Waals surface area contributed by atoms with Crippen LogP contribution in [0.2, 0.25) is 0 Å². The van der Waals surface area contributed by atoms with E-state index in [1.165, 1.54) is 17.7 Å². The van der Waals surface area contributed by atoms with Gasteiger partial charge in [0, 0.05) is 12.1 Å². The minimum absolute atomic E-state index is 0.0466. The van der Waals surface area contributed by atoms with Crippen LogP contribution in [0.5, 0.6) is 5.75 Å². The zero-order valence-electron chi connectivity index (χ0n) is 15.1. The van der Waals surface area contributed by atoms with E-state index in [4.69, 9.17) is 4.74 Å². The highest BCUT2D eigenvalue weighted by Crippen LogP contribution is 2.23. The van der Waals surface area contributed by atoms with Gasteiger partial charge in [-0.05, 0) is 71.0 Å². The number of nitro groups is 1. The number of nitro benzene ring substituents is 1. The Morgan fingerprint density at radius 3 is 2.46 bits per heavy atom. The van der Waals surface area contributed by atoms with Crippen molar-refractivity contribution in [3.8, 4) is 5.75 Å². The molecule has 0 aliphatic heterocycles. The van der Waals surface area contributed by atoms with E-state index in [0.717, 1.165) is 20.4 Å². The first-order valence-corrected chi connectivity index (χ1v) is 9.60. The molecule has 0 saturated heterocycles. The molecule has 1 N–H and O–H groups in total. The van der Waals surface area contributed by atoms with Gasteiger partial charge in [-0.1, -0.05) is 29.8 Å². The third kappa shape index (κ3) is 5.53. The minimum Gasteiger partial charge on any atom is -0.488 e. The molecule has 0 aromatic heterocycles. The zero-order chi connectivity index (χ0) is 19.9. The molecule has 0 amide bonds. The van der Waals surface area contributed by atoms with Crippen molar-refractivity contribution in [2.75, 3.05) is 5.43 Å². The molecule has 0 atom stereocenters. The topological polar surface area (TPSA) is 76.8 Å². The number of benzene rings is 3. The van der Waals surface area contributed by atoms with Crippen molar-refractivity contribution >= 4 is 40.2 Å². The first-order chi connectivity index (χ1) is 13.5. The summed E-state index contributed by atoms with van der Waals surface area (Å²) in [6.07, 6.45) is 1.69. The largest absolute Gasteiger partial charge is 0.488 e. The fourth-order valence-corrected chi connectivity index (χ4v) is 3.09. The number of aryl methyl sites for hydroxylation is 1. The number of rotatable bonds is 7. The van der Waals surface area contributed by atoms with Gasteiger partial charge in [0.05, 0.1) is 20.4 Å². The van der Waals surface area contributed by atoms with Crippen molar-refractivity contribution in [2.45, 2.75) is 13.5 Å². The number of anilines is 1. The van der Waals surface area contributed by atoms with Crippen molar-refractivity contribution < 1.29 is 9.66 Å². The van der Waals surface area contributed by atoms with Crippen molar-refractivity contribution in [1.82, 2.24) is 0 Å². The van der Waals surface area contributed by atoms with Crippen molar-refractivity contribution in [3.05, 3.63) is 97.1 Å². The van der Waals surface area contributed by atoms with Crippen LogP contribution < -0.4 is 10.2 Å². The number of halogens is 1. The van der Waals surface area contributed by atoms with E-state index in [2.05, 4.69) is 64.3 Å². The Balaban J connectivity index is 1.57. The van der Waals surface area contributed by atoms with Crippen LogP contribution in [0.3, 0.4) is 0 Å². The molecule has 0 fully saturated rings. The first kappa shape index (κ1) is 19.8. The molecule has 142 valence electrons. The Morgan fingerprint density at radius 1 is 1.11 bits per heavy atom. The Hall–Kier alpha value is -2.94. The molecule has 28 heavy (non-hydrogen) atoms. The monoisotopic (exact) mass is 487 g/mol. The lowest BCUT2D eigenvalue weighted by molar-refractivity contribution is -0.384. The van der Waals surface area contributed by atoms with Crippen molar-refractivity contribution in [3.63, 3.8) is 0 Å². The summed E-state index contributed by atoms with van der Waals surface area (Å²) in [6, 6.07) is 20.2. The molecular weight excluding hydrogens is 469 g/mol. The predicted molar refractivity (Wildman–Crippen MR) is 119 cm³/mol. The van der Waals surface area contributed by atoms with Gasteiger partial charge in [-0.25, -0.2) is 0 Å². The van der Waals surface area contributed by atoms with E-state index in [1.54, 1.807) is 18.3 Å². The average molecular weight is 487 g/mol. The van der Waals surface area contributed by atoms with Gasteiger partial charge in [-0.15, -0.1) is 0 Å². The molecule has 0 unspecified atom stereocenters. The molecule has 3 rings (SSSR count). The number of ether oxygens (including phenoxy) is 1. The Bertz CT molecular complexity index is 987. The van der Waals surface area contributed by atoms with Crippen molar-refractivity contribution in [2.24, 2.45) is 5.10 Å². The Labute approximate surface area is 176 Å². The highest BCUT2D eigenvalue weighted by atomic mass is 127. The van der Waals surface area contributed by atoms with Crippen LogP contribution in [0.25, 0.3) is 0 Å². The van der Waals surface area contributed by atoms with Crippen LogP contribution in [0, 0.1) is 20.6 Å². The lowest BCUT2D eigenvalue weighted by atomic mass is 10.2. The lowest BCUT2D eigenvalue weighted by Crippen LogP contribution is -1.98. The molecule has 0 radical (unpaired) electrons. The molecule has 3 aromatic carbocycles. The standard InChI is InChI=1S/C21H18IN3O3/c1-15-2-4-16(5-3-15)14-28-21-11-6-17(12-20(21)22)13-23-24-18-7-9-19(10-8-18)25(26)27/h2-13,24H,14H2,1H3/b23-13+. The van der Waals surface area contributed by atoms with Gasteiger partial charge in [0.15, 0.2) is 0 Å². The molecular formula is C21H18IN3O3. The highest BCUT2D eigenvalue weighted by Gasteiger charge is 2.04. The molecule has 0 heterocycles. The summed E-state index contributed by atoms with van der Waals surface area (Å²) in [5.74, 6) is 0.821. The summed E-state index contributed by atoms with van der Waals surface area (Å²) >= 11 is 2.24. The average Bonchev–Trinajstić information content (AvgIpc) is 2.69. The maximum absolute atomic E-state index is 10.7. The first-order valence-electron chi connectivity index (χ1n) is 8.53. The van der Waals surface area contributed by atoms with E-state index >= 15 is 0 Å². The van der Waals surface area contributed by atoms with Crippen LogP contribution in [0.15, 0.2) is 71.8 Å². The normalized spacial score (nSPS) is 10.8. The number of nitrogens with zero attached hydrogens (tertiary/aromatic N) is 2. The molecule has 0 spiro atoms. The fraction of sp³-hybridized carbons (Fsp3) is 0.0952. The Kier molecular flexibility index (Phi) is 6.59. The van der Waals surface area contributed by atoms with Gasteiger partial charge in [0.2, 0.25) is 0 Å². The van der Waals surface area contributed by atoms with E-state index < -0.39 is 4.92 Å². The third-order valence-electron chi connectivity index (χ3n) is 3.96. The summed E-state index contributed by atoms with van der Waals surface area (Å²) in [5.41, 5.74) is 6.85. The van der Waals surface area contributed by atoms with E-state index in [-0.39, 0.29) is 5.69 Å². The van der Waals surface area contributed by atoms with E-state index in [9.17, 15) is 10.1 Å². The van der Waals surface area contributed by atoms with Crippen LogP contribution in [-0.4, -0.2) is 11.1 Å². The molecule has 3 aromatic rings. The van der Waals surface area contributed by atoms with Gasteiger partial charge in [0.1, 0.15) is 12.4 Å². The van der Waals surface area contributed by atoms with Gasteiger partial charge in [0.25, 0.3) is 5.69 Å². The SMILES string of the molecule is Cc1ccc(COc2ccc(/C=N/Nc3ccc([N+](=O)[O-])cc3)cc2I)cc1. The molecule has 7 heteroatoms. The fourth-order valence-electron chi connectivity index (χ4n) is 2.40. The van der Waals surface area contributed by atoms with Gasteiger partial charge < -0.3 is 4.74 Å². The molecule has 0 bridgehead atoms. The summed E-state index contributed by atoms with van der Waals surface area (Å²) in [6.45, 7) is 2.58. The minimum atomic E-state index is -0.433. The maximum Gasteiger partial charge on any atom is 0.269 e. The summed E-state index contributed by atoms with van der Waals surface area (Å²) < 4.78 is 6.89. The van der Waals surface area contributed by atoms with Crippen LogP contribution >= 0.6 is 22.6 Å². The zero-order valence-corrected chi connectivity index (χ0v) is 17.3. The number of nitrogens with one attached hydrogen (secondary N) is 1. The number of hydrazone groups is 1. The van der Waals surface area contributed by atoms with Gasteiger partial charge >= 0.3 is 0 Å². The summed E-state index contributed by atoms with van der Waals surface area (Å²) in [7, 11) is 0. The number of non-ortho nitro benzene ring substituents is 1. The Morgan fingerprint density at radius 2 is 1.82 bits per heavy atom. The number of hydrogen-bond acceptors (Lipinski definition) is 5. The predicted octanol–water partition coefficient (Wildman–Crippen LogP) is 5.53. The van der Waals surface area contributed by atoms with E-state index in [0.29, 0.717) is 12.3 Å². The van der Waals surface area contributed by atoms with Crippen molar-refractivity contribution in [1.29, 1.82) is 0 Å². The van der Waals surface area contributed by atoms with Crippen LogP contribution in [-0.2, 0) is 6.61 Å². The second-order valence-electron chi connectivity index (χ2n) is 6.14. The summed E-state index contributed by atoms with van der Waals surface area (Å²) in [5, 5.41) is 14.8. The molecule has 0 saturated carbocycles. The smallest absolute Gasteiger partial charge is 0.269 e. The van der Waals surface area contributed by atoms with E-state index in [1.807, 2.05) is 18.2 Å². The summed E-state index contributed by atoms with van der Waals surface area (Å²) in [4.78, 5) is 10.2. The van der Waals surface area contributed by atoms with Crippen LogP contribution in [0.1, 0.15) is 16.7 Å². The molecule has 6 nitrogen and oxygen atoms in total. The molecule has 0 aliphatic rings. The van der Waals surface area contributed by atoms with Gasteiger partial charge in [-0.3, -0.25) is 15.5 Å².